The maximum atomic E-state index is 11.9. The number of carboxylic acids is 1. The highest BCUT2D eigenvalue weighted by atomic mass is 16.6. The molecule has 1 heterocycles. The quantitative estimate of drug-likeness (QED) is 0.649. The van der Waals surface area contributed by atoms with Gasteiger partial charge in [0.05, 0.1) is 4.92 Å². The van der Waals surface area contributed by atoms with Crippen molar-refractivity contribution in [1.82, 2.24) is 4.57 Å². The monoisotopic (exact) mass is 254 g/mol. The Bertz CT molecular complexity index is 541. The van der Waals surface area contributed by atoms with Crippen LogP contribution < -0.4 is 5.56 Å². The van der Waals surface area contributed by atoms with Gasteiger partial charge < -0.3 is 5.11 Å². The molecule has 0 aliphatic rings. The molecule has 7 heteroatoms. The van der Waals surface area contributed by atoms with Gasteiger partial charge in [0.1, 0.15) is 6.04 Å². The summed E-state index contributed by atoms with van der Waals surface area (Å²) in [5.41, 5.74) is -2.29. The Morgan fingerprint density at radius 1 is 1.50 bits per heavy atom. The third kappa shape index (κ3) is 2.55. The molecule has 1 rings (SSSR count). The van der Waals surface area contributed by atoms with Gasteiger partial charge in [-0.2, -0.15) is 0 Å². The molecule has 1 N–H and O–H groups in total. The van der Waals surface area contributed by atoms with Crippen LogP contribution in [-0.2, 0) is 4.79 Å². The lowest BCUT2D eigenvalue weighted by Crippen LogP contribution is -2.38. The van der Waals surface area contributed by atoms with Crippen LogP contribution >= 0.6 is 0 Å². The van der Waals surface area contributed by atoms with E-state index in [2.05, 4.69) is 0 Å². The number of carbonyl (C=O) groups is 1. The molecular weight excluding hydrogens is 240 g/mol. The first-order valence-corrected chi connectivity index (χ1v) is 5.24. The topological polar surface area (TPSA) is 102 Å². The van der Waals surface area contributed by atoms with E-state index in [0.717, 1.165) is 10.6 Å². The Morgan fingerprint density at radius 3 is 2.44 bits per heavy atom. The second kappa shape index (κ2) is 4.59. The van der Waals surface area contributed by atoms with Gasteiger partial charge in [0.25, 0.3) is 0 Å². The Hall–Kier alpha value is -2.18. The summed E-state index contributed by atoms with van der Waals surface area (Å²) in [5.74, 6) is -1.20. The fraction of sp³-hybridized carbons (Fsp3) is 0.455. The van der Waals surface area contributed by atoms with E-state index in [-0.39, 0.29) is 0 Å². The van der Waals surface area contributed by atoms with Crippen molar-refractivity contribution < 1.29 is 14.8 Å². The van der Waals surface area contributed by atoms with Crippen LogP contribution in [-0.4, -0.2) is 20.6 Å². The summed E-state index contributed by atoms with van der Waals surface area (Å²) in [5, 5.41) is 19.8. The molecular formula is C11H14N2O5. The van der Waals surface area contributed by atoms with E-state index >= 15 is 0 Å². The van der Waals surface area contributed by atoms with Crippen LogP contribution in [0.4, 0.5) is 5.69 Å². The van der Waals surface area contributed by atoms with E-state index < -0.39 is 33.6 Å². The van der Waals surface area contributed by atoms with Crippen LogP contribution in [0.5, 0.6) is 0 Å². The summed E-state index contributed by atoms with van der Waals surface area (Å²) < 4.78 is 0.889. The lowest BCUT2D eigenvalue weighted by molar-refractivity contribution is -0.386. The summed E-state index contributed by atoms with van der Waals surface area (Å²) in [6.07, 6.45) is 1.25. The average Bonchev–Trinajstić information content (AvgIpc) is 2.17. The molecule has 0 saturated heterocycles. The molecule has 0 fully saturated rings. The molecule has 1 unspecified atom stereocenters. The summed E-state index contributed by atoms with van der Waals surface area (Å²) in [6, 6.07) is 1.19. The standard InChI is InChI=1S/C11H14N2O5/c1-11(2,3)8(10(15)16)12-6-4-5-7(9(12)14)13(17)18/h4-6,8H,1-3H3,(H,15,16). The SMILES string of the molecule is CC(C)(C)C(C(=O)O)n1cccc([N+](=O)[O-])c1=O. The maximum Gasteiger partial charge on any atom is 0.334 e. The first kappa shape index (κ1) is 13.9. The van der Waals surface area contributed by atoms with Crippen LogP contribution in [0.3, 0.4) is 0 Å². The molecule has 0 amide bonds. The number of nitrogens with zero attached hydrogens (tertiary/aromatic N) is 2. The minimum absolute atomic E-state index is 0.631. The van der Waals surface area contributed by atoms with Crippen molar-refractivity contribution in [3.8, 4) is 0 Å². The van der Waals surface area contributed by atoms with Crippen molar-refractivity contribution in [1.29, 1.82) is 0 Å². The van der Waals surface area contributed by atoms with Gasteiger partial charge in [-0.05, 0) is 11.5 Å². The van der Waals surface area contributed by atoms with Gasteiger partial charge in [-0.1, -0.05) is 20.8 Å². The van der Waals surface area contributed by atoms with Gasteiger partial charge in [-0.25, -0.2) is 4.79 Å². The van der Waals surface area contributed by atoms with Crippen LogP contribution in [0.15, 0.2) is 23.1 Å². The summed E-state index contributed by atoms with van der Waals surface area (Å²) in [6.45, 7) is 4.95. The molecule has 0 saturated carbocycles. The highest BCUT2D eigenvalue weighted by Crippen LogP contribution is 2.29. The van der Waals surface area contributed by atoms with E-state index in [4.69, 9.17) is 0 Å². The largest absolute Gasteiger partial charge is 0.480 e. The first-order valence-electron chi connectivity index (χ1n) is 5.24. The van der Waals surface area contributed by atoms with Crippen LogP contribution in [0.25, 0.3) is 0 Å². The van der Waals surface area contributed by atoms with Crippen molar-refractivity contribution in [2.45, 2.75) is 26.8 Å². The van der Waals surface area contributed by atoms with Crippen LogP contribution in [0.1, 0.15) is 26.8 Å². The van der Waals surface area contributed by atoms with Gasteiger partial charge in [-0.15, -0.1) is 0 Å². The molecule has 0 aliphatic carbocycles. The Balaban J connectivity index is 3.49. The van der Waals surface area contributed by atoms with Crippen LogP contribution in [0, 0.1) is 15.5 Å². The molecule has 1 aromatic rings. The molecule has 0 spiro atoms. The van der Waals surface area contributed by atoms with Crippen molar-refractivity contribution in [2.24, 2.45) is 5.41 Å². The Labute approximate surface area is 103 Å². The number of aromatic nitrogens is 1. The highest BCUT2D eigenvalue weighted by molar-refractivity contribution is 5.73. The second-order valence-corrected chi connectivity index (χ2v) is 4.97. The molecule has 18 heavy (non-hydrogen) atoms. The number of aliphatic carboxylic acids is 1. The number of rotatable bonds is 3. The number of hydrogen-bond acceptors (Lipinski definition) is 4. The number of pyridine rings is 1. The fourth-order valence-electron chi connectivity index (χ4n) is 1.75. The normalized spacial score (nSPS) is 13.1. The smallest absolute Gasteiger partial charge is 0.334 e. The van der Waals surface area contributed by atoms with E-state index in [1.165, 1.54) is 12.3 Å². The Morgan fingerprint density at radius 2 is 2.06 bits per heavy atom. The zero-order valence-electron chi connectivity index (χ0n) is 10.3. The second-order valence-electron chi connectivity index (χ2n) is 4.97. The van der Waals surface area contributed by atoms with E-state index in [1.807, 2.05) is 0 Å². The summed E-state index contributed by atoms with van der Waals surface area (Å²) >= 11 is 0. The molecule has 1 atom stereocenters. The molecule has 0 aliphatic heterocycles. The molecule has 0 aromatic carbocycles. The average molecular weight is 254 g/mol. The molecule has 0 radical (unpaired) electrons. The van der Waals surface area contributed by atoms with Gasteiger partial charge in [0.15, 0.2) is 0 Å². The van der Waals surface area contributed by atoms with Gasteiger partial charge in [-0.3, -0.25) is 19.5 Å². The number of carboxylic acid groups (broad SMARTS) is 1. The molecule has 7 nitrogen and oxygen atoms in total. The number of hydrogen-bond donors (Lipinski definition) is 1. The summed E-state index contributed by atoms with van der Waals surface area (Å²) in [7, 11) is 0. The van der Waals surface area contributed by atoms with Crippen molar-refractivity contribution in [3.63, 3.8) is 0 Å². The minimum atomic E-state index is -1.20. The van der Waals surface area contributed by atoms with Gasteiger partial charge >= 0.3 is 17.2 Å². The molecule has 1 aromatic heterocycles. The molecule has 98 valence electrons. The van der Waals surface area contributed by atoms with E-state index in [1.54, 1.807) is 20.8 Å². The van der Waals surface area contributed by atoms with Crippen LogP contribution in [0.2, 0.25) is 0 Å². The molecule has 0 bridgehead atoms. The lowest BCUT2D eigenvalue weighted by Gasteiger charge is -2.28. The van der Waals surface area contributed by atoms with Gasteiger partial charge in [0, 0.05) is 12.3 Å². The number of nitro groups is 1. The van der Waals surface area contributed by atoms with Crippen molar-refractivity contribution in [2.75, 3.05) is 0 Å². The highest BCUT2D eigenvalue weighted by Gasteiger charge is 2.34. The van der Waals surface area contributed by atoms with Gasteiger partial charge in [0.2, 0.25) is 0 Å². The zero-order valence-corrected chi connectivity index (χ0v) is 10.3. The minimum Gasteiger partial charge on any atom is -0.480 e. The lowest BCUT2D eigenvalue weighted by atomic mass is 9.86. The Kier molecular flexibility index (Phi) is 3.54. The van der Waals surface area contributed by atoms with E-state index in [0.29, 0.717) is 0 Å². The van der Waals surface area contributed by atoms with Crippen molar-refractivity contribution in [3.05, 3.63) is 38.8 Å². The zero-order chi connectivity index (χ0) is 14.1. The predicted molar refractivity (Wildman–Crippen MR) is 63.5 cm³/mol. The fourth-order valence-corrected chi connectivity index (χ4v) is 1.75. The van der Waals surface area contributed by atoms with Crippen molar-refractivity contribution >= 4 is 11.7 Å². The first-order chi connectivity index (χ1) is 8.16. The maximum absolute atomic E-state index is 11.9. The predicted octanol–water partition coefficient (Wildman–Crippen LogP) is 1.43. The third-order valence-corrected chi connectivity index (χ3v) is 2.48. The summed E-state index contributed by atoms with van der Waals surface area (Å²) in [4.78, 5) is 33.0. The van der Waals surface area contributed by atoms with E-state index in [9.17, 15) is 24.8 Å². The third-order valence-electron chi connectivity index (χ3n) is 2.48.